The number of amides is 1. The third-order valence-electron chi connectivity index (χ3n) is 4.86. The summed E-state index contributed by atoms with van der Waals surface area (Å²) < 4.78 is 5.61. The summed E-state index contributed by atoms with van der Waals surface area (Å²) in [7, 11) is 0. The van der Waals surface area contributed by atoms with Gasteiger partial charge in [-0.3, -0.25) is 0 Å². The minimum absolute atomic E-state index is 0.0464. The second-order valence-electron chi connectivity index (χ2n) is 6.82. The molecule has 11 nitrogen and oxygen atoms in total. The lowest BCUT2D eigenvalue weighted by atomic mass is 9.98. The van der Waals surface area contributed by atoms with E-state index in [9.17, 15) is 4.79 Å². The van der Waals surface area contributed by atoms with Crippen LogP contribution in [0.15, 0.2) is 36.9 Å². The van der Waals surface area contributed by atoms with Gasteiger partial charge in [0.25, 0.3) is 0 Å². The van der Waals surface area contributed by atoms with Crippen LogP contribution < -0.4 is 0 Å². The Kier molecular flexibility index (Phi) is 5.94. The predicted molar refractivity (Wildman–Crippen MR) is 101 cm³/mol. The molecule has 29 heavy (non-hydrogen) atoms. The van der Waals surface area contributed by atoms with Gasteiger partial charge in [0.05, 0.1) is 6.54 Å². The zero-order valence-corrected chi connectivity index (χ0v) is 16.3. The molecule has 3 heterocycles. The maximum absolute atomic E-state index is 12.7. The number of halogens is 1. The Labute approximate surface area is 171 Å². The van der Waals surface area contributed by atoms with Crippen molar-refractivity contribution in [2.75, 3.05) is 19.7 Å². The van der Waals surface area contributed by atoms with E-state index in [-0.39, 0.29) is 18.6 Å². The number of ether oxygens (including phenoxy) is 1. The summed E-state index contributed by atoms with van der Waals surface area (Å²) in [6.45, 7) is 1.90. The molecule has 2 atom stereocenters. The van der Waals surface area contributed by atoms with Crippen LogP contribution in [0.25, 0.3) is 0 Å². The molecule has 1 aliphatic rings. The molecular weight excluding hydrogens is 398 g/mol. The van der Waals surface area contributed by atoms with Crippen LogP contribution in [0.4, 0.5) is 4.79 Å². The van der Waals surface area contributed by atoms with Crippen molar-refractivity contribution < 1.29 is 9.53 Å². The lowest BCUT2D eigenvalue weighted by Gasteiger charge is -2.32. The van der Waals surface area contributed by atoms with Crippen LogP contribution in [0.2, 0.25) is 5.02 Å². The zero-order valence-electron chi connectivity index (χ0n) is 15.6. The van der Waals surface area contributed by atoms with Gasteiger partial charge in [0.2, 0.25) is 0 Å². The van der Waals surface area contributed by atoms with Crippen LogP contribution in [-0.2, 0) is 11.3 Å². The van der Waals surface area contributed by atoms with Gasteiger partial charge in [-0.1, -0.05) is 29.8 Å². The van der Waals surface area contributed by atoms with Crippen LogP contribution in [-0.4, -0.2) is 71.1 Å². The maximum atomic E-state index is 12.7. The van der Waals surface area contributed by atoms with Gasteiger partial charge in [-0.2, -0.15) is 9.59 Å². The van der Waals surface area contributed by atoms with Crippen LogP contribution in [0.1, 0.15) is 24.4 Å². The number of nitrogens with zero attached hydrogens (tertiary/aromatic N) is 9. The predicted octanol–water partition coefficient (Wildman–Crippen LogP) is 1.45. The number of hydrogen-bond donors (Lipinski definition) is 0. The number of tetrazole rings is 2. The maximum Gasteiger partial charge on any atom is 0.409 e. The smallest absolute Gasteiger partial charge is 0.409 e. The summed E-state index contributed by atoms with van der Waals surface area (Å²) in [5.74, 6) is 0.252. The molecule has 2 aromatic heterocycles. The number of carbonyl (C=O) groups excluding carboxylic acids is 1. The standard InChI is InChI=1S/C17H20ClN9O2/c18-15-6-2-1-5-14(15)16(27-22-12-20-24-27)10-29-17(28)25-7-3-4-13(8-25)9-26-21-11-19-23-26/h1-2,5-6,11-13,16H,3-4,7-10H2. The van der Waals surface area contributed by atoms with E-state index in [1.807, 2.05) is 18.2 Å². The fraction of sp³-hybridized carbons (Fsp3) is 0.471. The highest BCUT2D eigenvalue weighted by molar-refractivity contribution is 6.31. The van der Waals surface area contributed by atoms with Crippen molar-refractivity contribution in [1.82, 2.24) is 45.3 Å². The summed E-state index contributed by atoms with van der Waals surface area (Å²) in [5.41, 5.74) is 0.758. The Hall–Kier alpha value is -3.08. The SMILES string of the molecule is O=C(OCC(c1ccccc1Cl)n1ncnn1)N1CCCC(Cn2ncnn2)C1. The van der Waals surface area contributed by atoms with E-state index < -0.39 is 6.04 Å². The molecule has 0 saturated carbocycles. The van der Waals surface area contributed by atoms with Gasteiger partial charge >= 0.3 is 6.09 Å². The lowest BCUT2D eigenvalue weighted by Crippen LogP contribution is -2.42. The average molecular weight is 418 g/mol. The average Bonchev–Trinajstić information content (AvgIpc) is 3.44. The molecule has 3 aromatic rings. The van der Waals surface area contributed by atoms with Crippen molar-refractivity contribution in [3.05, 3.63) is 47.5 Å². The van der Waals surface area contributed by atoms with Gasteiger partial charge < -0.3 is 9.64 Å². The number of carbonyl (C=O) groups is 1. The molecule has 4 rings (SSSR count). The van der Waals surface area contributed by atoms with E-state index in [4.69, 9.17) is 16.3 Å². The summed E-state index contributed by atoms with van der Waals surface area (Å²) in [5, 5.41) is 24.0. The molecule has 12 heteroatoms. The van der Waals surface area contributed by atoms with Crippen LogP contribution in [0.5, 0.6) is 0 Å². The Morgan fingerprint density at radius 2 is 2.03 bits per heavy atom. The van der Waals surface area contributed by atoms with Gasteiger partial charge in [0, 0.05) is 23.7 Å². The lowest BCUT2D eigenvalue weighted by molar-refractivity contribution is 0.0714. The Balaban J connectivity index is 1.39. The molecule has 2 unspecified atom stereocenters. The largest absolute Gasteiger partial charge is 0.447 e. The second-order valence-corrected chi connectivity index (χ2v) is 7.22. The Bertz CT molecular complexity index is 919. The molecule has 0 bridgehead atoms. The highest BCUT2D eigenvalue weighted by Crippen LogP contribution is 2.26. The molecule has 1 saturated heterocycles. The summed E-state index contributed by atoms with van der Waals surface area (Å²) in [6, 6.07) is 6.86. The first-order valence-electron chi connectivity index (χ1n) is 9.30. The number of aromatic nitrogens is 8. The summed E-state index contributed by atoms with van der Waals surface area (Å²) in [4.78, 5) is 17.3. The number of likely N-dealkylation sites (tertiary alicyclic amines) is 1. The minimum Gasteiger partial charge on any atom is -0.447 e. The number of rotatable bonds is 6. The first-order chi connectivity index (χ1) is 14.2. The van der Waals surface area contributed by atoms with Crippen LogP contribution >= 0.6 is 11.6 Å². The molecule has 0 radical (unpaired) electrons. The first kappa shape index (κ1) is 19.2. The summed E-state index contributed by atoms with van der Waals surface area (Å²) >= 11 is 6.33. The highest BCUT2D eigenvalue weighted by Gasteiger charge is 2.27. The molecule has 1 amide bonds. The quantitative estimate of drug-likeness (QED) is 0.591. The minimum atomic E-state index is -0.463. The molecule has 0 aliphatic carbocycles. The van der Waals surface area contributed by atoms with Gasteiger partial charge in [-0.05, 0) is 35.3 Å². The van der Waals surface area contributed by atoms with E-state index in [0.717, 1.165) is 18.4 Å². The Morgan fingerprint density at radius 1 is 1.21 bits per heavy atom. The van der Waals surface area contributed by atoms with Crippen molar-refractivity contribution in [2.24, 2.45) is 5.92 Å². The van der Waals surface area contributed by atoms with E-state index >= 15 is 0 Å². The van der Waals surface area contributed by atoms with E-state index in [1.54, 1.807) is 15.8 Å². The van der Waals surface area contributed by atoms with E-state index in [1.165, 1.54) is 17.5 Å². The highest BCUT2D eigenvalue weighted by atomic mass is 35.5. The van der Waals surface area contributed by atoms with Gasteiger partial charge in [0.1, 0.15) is 12.6 Å². The third-order valence-corrected chi connectivity index (χ3v) is 5.21. The van der Waals surface area contributed by atoms with Crippen molar-refractivity contribution in [1.29, 1.82) is 0 Å². The fourth-order valence-electron chi connectivity index (χ4n) is 3.47. The van der Waals surface area contributed by atoms with Crippen LogP contribution in [0, 0.1) is 5.92 Å². The number of piperidine rings is 1. The molecule has 0 spiro atoms. The van der Waals surface area contributed by atoms with Crippen molar-refractivity contribution >= 4 is 17.7 Å². The van der Waals surface area contributed by atoms with Gasteiger partial charge in [-0.15, -0.1) is 20.4 Å². The molecule has 1 aliphatic heterocycles. The van der Waals surface area contributed by atoms with Gasteiger partial charge in [0.15, 0.2) is 12.7 Å². The van der Waals surface area contributed by atoms with Crippen LogP contribution in [0.3, 0.4) is 0 Å². The Morgan fingerprint density at radius 3 is 2.79 bits per heavy atom. The van der Waals surface area contributed by atoms with Crippen molar-refractivity contribution in [2.45, 2.75) is 25.4 Å². The molecule has 152 valence electrons. The number of hydrogen-bond acceptors (Lipinski definition) is 8. The normalized spacial score (nSPS) is 17.8. The summed E-state index contributed by atoms with van der Waals surface area (Å²) in [6.07, 6.45) is 4.25. The fourth-order valence-corrected chi connectivity index (χ4v) is 3.73. The van der Waals surface area contributed by atoms with Gasteiger partial charge in [-0.25, -0.2) is 4.79 Å². The third kappa shape index (κ3) is 4.67. The van der Waals surface area contributed by atoms with E-state index in [2.05, 4.69) is 30.8 Å². The number of benzene rings is 1. The van der Waals surface area contributed by atoms with E-state index in [0.29, 0.717) is 24.7 Å². The van der Waals surface area contributed by atoms with Crippen molar-refractivity contribution in [3.63, 3.8) is 0 Å². The second kappa shape index (κ2) is 8.95. The first-order valence-corrected chi connectivity index (χ1v) is 9.68. The molecular formula is C17H20ClN9O2. The van der Waals surface area contributed by atoms with Crippen molar-refractivity contribution in [3.8, 4) is 0 Å². The zero-order chi connectivity index (χ0) is 20.1. The molecule has 0 N–H and O–H groups in total. The monoisotopic (exact) mass is 417 g/mol. The molecule has 1 aromatic carbocycles. The molecule has 1 fully saturated rings. The topological polar surface area (TPSA) is 117 Å².